The summed E-state index contributed by atoms with van der Waals surface area (Å²) in [6, 6.07) is 13.0. The van der Waals surface area contributed by atoms with E-state index >= 15 is 0 Å². The van der Waals surface area contributed by atoms with Crippen LogP contribution in [0.3, 0.4) is 0 Å². The zero-order valence-electron chi connectivity index (χ0n) is 15.9. The maximum Gasteiger partial charge on any atom is 0.280 e. The second kappa shape index (κ2) is 6.79. The summed E-state index contributed by atoms with van der Waals surface area (Å²) < 4.78 is 31.6. The first-order chi connectivity index (χ1) is 13.3. The predicted octanol–water partition coefficient (Wildman–Crippen LogP) is 3.66. The Morgan fingerprint density at radius 1 is 1.00 bits per heavy atom. The molecule has 3 aromatic heterocycles. The fraction of sp³-hybridized carbons (Fsp3) is 0.200. The fourth-order valence-electron chi connectivity index (χ4n) is 3.11. The molecule has 28 heavy (non-hydrogen) atoms. The number of aryl methyl sites for hydroxylation is 1. The molecule has 0 aliphatic rings. The molecule has 0 aliphatic heterocycles. The molecule has 4 rings (SSSR count). The third kappa shape index (κ3) is 3.38. The maximum atomic E-state index is 12.7. The molecule has 0 saturated carbocycles. The van der Waals surface area contributed by atoms with Gasteiger partial charge in [0.15, 0.2) is 5.03 Å². The summed E-state index contributed by atoms with van der Waals surface area (Å²) in [5, 5.41) is 0.0168. The van der Waals surface area contributed by atoms with E-state index in [4.69, 9.17) is 0 Å². The number of sulfonamides is 1. The second-order valence-corrected chi connectivity index (χ2v) is 8.61. The molecule has 7 nitrogen and oxygen atoms in total. The van der Waals surface area contributed by atoms with Gasteiger partial charge in [0.25, 0.3) is 10.0 Å². The number of aromatic nitrogens is 4. The number of benzene rings is 1. The van der Waals surface area contributed by atoms with E-state index in [0.29, 0.717) is 5.69 Å². The Bertz CT molecular complexity index is 1200. The molecule has 0 unspecified atom stereocenters. The summed E-state index contributed by atoms with van der Waals surface area (Å²) >= 11 is 0. The molecule has 0 spiro atoms. The molecule has 0 bridgehead atoms. The van der Waals surface area contributed by atoms with Crippen molar-refractivity contribution < 1.29 is 8.42 Å². The van der Waals surface area contributed by atoms with Gasteiger partial charge in [0.05, 0.1) is 5.69 Å². The van der Waals surface area contributed by atoms with Crippen molar-refractivity contribution in [2.24, 2.45) is 7.05 Å². The highest BCUT2D eigenvalue weighted by molar-refractivity contribution is 7.92. The maximum absolute atomic E-state index is 12.7. The standard InChI is InChI=1S/C20H21N5O2S/c1-14(2)20-22-19(13-24(20)3)28(26,27)23-16-9-7-15(8-10-16)17-12-25-11-5-4-6-18(25)21-17/h4-14,23H,1-3H3. The minimum atomic E-state index is -3.75. The number of imidazole rings is 2. The van der Waals surface area contributed by atoms with Crippen LogP contribution in [0.5, 0.6) is 0 Å². The number of hydrogen-bond donors (Lipinski definition) is 1. The Labute approximate surface area is 163 Å². The topological polar surface area (TPSA) is 81.3 Å². The van der Waals surface area contributed by atoms with Crippen LogP contribution < -0.4 is 4.72 Å². The Kier molecular flexibility index (Phi) is 4.43. The molecule has 0 aliphatic carbocycles. The molecule has 0 saturated heterocycles. The SMILES string of the molecule is CC(C)c1nc(S(=O)(=O)Nc2ccc(-c3cn4ccccc4n3)cc2)cn1C. The zero-order valence-corrected chi connectivity index (χ0v) is 16.7. The minimum Gasteiger partial charge on any atom is -0.336 e. The molecular weight excluding hydrogens is 374 g/mol. The van der Waals surface area contributed by atoms with Crippen molar-refractivity contribution in [3.05, 3.63) is 66.9 Å². The third-order valence-corrected chi connectivity index (χ3v) is 5.73. The fourth-order valence-corrected chi connectivity index (χ4v) is 4.17. The van der Waals surface area contributed by atoms with E-state index in [1.165, 1.54) is 6.20 Å². The van der Waals surface area contributed by atoms with Crippen molar-refractivity contribution in [1.29, 1.82) is 0 Å². The normalized spacial score (nSPS) is 12.0. The van der Waals surface area contributed by atoms with Crippen LogP contribution in [0.15, 0.2) is 66.1 Å². The zero-order chi connectivity index (χ0) is 19.9. The first kappa shape index (κ1) is 18.2. The van der Waals surface area contributed by atoms with Crippen molar-refractivity contribution in [3.63, 3.8) is 0 Å². The van der Waals surface area contributed by atoms with Gasteiger partial charge >= 0.3 is 0 Å². The van der Waals surface area contributed by atoms with Crippen LogP contribution in [0, 0.1) is 0 Å². The van der Waals surface area contributed by atoms with E-state index in [0.717, 1.165) is 22.7 Å². The van der Waals surface area contributed by atoms with Crippen LogP contribution in [-0.4, -0.2) is 27.4 Å². The smallest absolute Gasteiger partial charge is 0.280 e. The molecular formula is C20H21N5O2S. The summed E-state index contributed by atoms with van der Waals surface area (Å²) in [7, 11) is -1.95. The van der Waals surface area contributed by atoms with Gasteiger partial charge in [-0.2, -0.15) is 8.42 Å². The first-order valence-corrected chi connectivity index (χ1v) is 10.4. The Morgan fingerprint density at radius 3 is 2.39 bits per heavy atom. The summed E-state index contributed by atoms with van der Waals surface area (Å²) in [5.41, 5.74) is 3.07. The lowest BCUT2D eigenvalue weighted by Crippen LogP contribution is -2.13. The number of rotatable bonds is 5. The average molecular weight is 395 g/mol. The Hall–Kier alpha value is -3.13. The summed E-state index contributed by atoms with van der Waals surface area (Å²) in [5.74, 6) is 0.862. The lowest BCUT2D eigenvalue weighted by Gasteiger charge is -2.06. The molecule has 3 heterocycles. The minimum absolute atomic E-state index is 0.0168. The highest BCUT2D eigenvalue weighted by Gasteiger charge is 2.21. The van der Waals surface area contributed by atoms with E-state index in [2.05, 4.69) is 14.7 Å². The Morgan fingerprint density at radius 2 is 1.75 bits per heavy atom. The molecule has 0 atom stereocenters. The van der Waals surface area contributed by atoms with E-state index in [1.54, 1.807) is 23.7 Å². The second-order valence-electron chi connectivity index (χ2n) is 6.98. The summed E-state index contributed by atoms with van der Waals surface area (Å²) in [6.45, 7) is 3.95. The van der Waals surface area contributed by atoms with Crippen LogP contribution in [-0.2, 0) is 17.1 Å². The molecule has 4 aromatic rings. The number of hydrogen-bond acceptors (Lipinski definition) is 4. The molecule has 8 heteroatoms. The van der Waals surface area contributed by atoms with Gasteiger partial charge in [0.1, 0.15) is 11.5 Å². The van der Waals surface area contributed by atoms with Crippen molar-refractivity contribution in [3.8, 4) is 11.3 Å². The highest BCUT2D eigenvalue weighted by atomic mass is 32.2. The molecule has 1 aromatic carbocycles. The largest absolute Gasteiger partial charge is 0.336 e. The van der Waals surface area contributed by atoms with E-state index in [-0.39, 0.29) is 10.9 Å². The van der Waals surface area contributed by atoms with Gasteiger partial charge in [0, 0.05) is 42.8 Å². The van der Waals surface area contributed by atoms with Gasteiger partial charge in [-0.25, -0.2) is 9.97 Å². The van der Waals surface area contributed by atoms with Crippen molar-refractivity contribution >= 4 is 21.4 Å². The quantitative estimate of drug-likeness (QED) is 0.559. The van der Waals surface area contributed by atoms with Crippen LogP contribution in [0.2, 0.25) is 0 Å². The predicted molar refractivity (Wildman–Crippen MR) is 109 cm³/mol. The summed E-state index contributed by atoms with van der Waals surface area (Å²) in [4.78, 5) is 8.84. The number of nitrogens with zero attached hydrogens (tertiary/aromatic N) is 4. The number of anilines is 1. The molecule has 0 fully saturated rings. The molecule has 0 amide bonds. The highest BCUT2D eigenvalue weighted by Crippen LogP contribution is 2.23. The van der Waals surface area contributed by atoms with Crippen molar-refractivity contribution in [2.45, 2.75) is 24.8 Å². The van der Waals surface area contributed by atoms with Gasteiger partial charge < -0.3 is 8.97 Å². The first-order valence-electron chi connectivity index (χ1n) is 8.94. The van der Waals surface area contributed by atoms with E-state index < -0.39 is 10.0 Å². The van der Waals surface area contributed by atoms with Crippen molar-refractivity contribution in [1.82, 2.24) is 18.9 Å². The van der Waals surface area contributed by atoms with Crippen LogP contribution >= 0.6 is 0 Å². The van der Waals surface area contributed by atoms with Gasteiger partial charge in [-0.05, 0) is 24.3 Å². The lowest BCUT2D eigenvalue weighted by atomic mass is 10.1. The van der Waals surface area contributed by atoms with Gasteiger partial charge in [-0.15, -0.1) is 0 Å². The summed E-state index contributed by atoms with van der Waals surface area (Å²) in [6.07, 6.45) is 5.41. The van der Waals surface area contributed by atoms with Gasteiger partial charge in [-0.3, -0.25) is 4.72 Å². The van der Waals surface area contributed by atoms with E-state index in [1.807, 2.05) is 61.0 Å². The number of fused-ring (bicyclic) bond motifs is 1. The lowest BCUT2D eigenvalue weighted by molar-refractivity contribution is 0.597. The van der Waals surface area contributed by atoms with Crippen LogP contribution in [0.4, 0.5) is 5.69 Å². The molecule has 1 N–H and O–H groups in total. The average Bonchev–Trinajstić information content (AvgIpc) is 3.26. The monoisotopic (exact) mass is 395 g/mol. The third-order valence-electron chi connectivity index (χ3n) is 4.48. The van der Waals surface area contributed by atoms with Gasteiger partial charge in [0.2, 0.25) is 0 Å². The van der Waals surface area contributed by atoms with Gasteiger partial charge in [-0.1, -0.05) is 32.0 Å². The number of pyridine rings is 1. The molecule has 0 radical (unpaired) electrons. The van der Waals surface area contributed by atoms with Crippen molar-refractivity contribution in [2.75, 3.05) is 4.72 Å². The molecule has 144 valence electrons. The van der Waals surface area contributed by atoms with E-state index in [9.17, 15) is 8.42 Å². The Balaban J connectivity index is 1.58. The van der Waals surface area contributed by atoms with Crippen LogP contribution in [0.25, 0.3) is 16.9 Å². The number of nitrogens with one attached hydrogen (secondary N) is 1. The van der Waals surface area contributed by atoms with Crippen LogP contribution in [0.1, 0.15) is 25.6 Å².